The van der Waals surface area contributed by atoms with E-state index in [0.717, 1.165) is 18.7 Å². The highest BCUT2D eigenvalue weighted by molar-refractivity contribution is 5.83. The second-order valence-electron chi connectivity index (χ2n) is 5.04. The molecular weight excluding hydrogens is 270 g/mol. The first-order valence-electron chi connectivity index (χ1n) is 7.10. The third-order valence-corrected chi connectivity index (χ3v) is 3.53. The maximum atomic E-state index is 11.7. The van der Waals surface area contributed by atoms with E-state index in [9.17, 15) is 4.79 Å². The van der Waals surface area contributed by atoms with Gasteiger partial charge in [-0.1, -0.05) is 0 Å². The summed E-state index contributed by atoms with van der Waals surface area (Å²) < 4.78 is 10.4. The number of methoxy groups -OCH3 is 2. The van der Waals surface area contributed by atoms with Crippen molar-refractivity contribution in [1.82, 2.24) is 5.43 Å². The average Bonchev–Trinajstić information content (AvgIpc) is 2.99. The molecule has 1 aliphatic heterocycles. The fraction of sp³-hybridized carbons (Fsp3) is 0.467. The number of rotatable bonds is 6. The second kappa shape index (κ2) is 7.64. The minimum Gasteiger partial charge on any atom is -0.493 e. The van der Waals surface area contributed by atoms with Gasteiger partial charge in [-0.25, -0.2) is 5.43 Å². The summed E-state index contributed by atoms with van der Waals surface area (Å²) in [6, 6.07) is 5.46. The van der Waals surface area contributed by atoms with Crippen LogP contribution in [-0.2, 0) is 4.79 Å². The third-order valence-electron chi connectivity index (χ3n) is 3.53. The molecule has 1 fully saturated rings. The number of nitrogens with zero attached hydrogens (tertiary/aromatic N) is 1. The Morgan fingerprint density at radius 2 is 2.00 bits per heavy atom. The van der Waals surface area contributed by atoms with Gasteiger partial charge < -0.3 is 14.4 Å². The van der Waals surface area contributed by atoms with Crippen LogP contribution in [0.2, 0.25) is 0 Å². The summed E-state index contributed by atoms with van der Waals surface area (Å²) in [5.74, 6) is 1.24. The molecule has 1 heterocycles. The molecule has 114 valence electrons. The van der Waals surface area contributed by atoms with Crippen LogP contribution in [0.3, 0.4) is 0 Å². The Bertz CT molecular complexity index is 511. The maximum absolute atomic E-state index is 11.7. The quantitative estimate of drug-likeness (QED) is 0.565. The predicted octanol–water partition coefficient (Wildman–Crippen LogP) is -0.167. The summed E-state index contributed by atoms with van der Waals surface area (Å²) in [6.45, 7) is 2.64. The largest absolute Gasteiger partial charge is 0.493 e. The monoisotopic (exact) mass is 292 g/mol. The topological polar surface area (TPSA) is 64.4 Å². The molecule has 2 N–H and O–H groups in total. The lowest BCUT2D eigenvalue weighted by atomic mass is 10.2. The SMILES string of the molecule is COc1ccc(/C=N\NC(=O)C[NH+]2CCCC2)cc1OC. The van der Waals surface area contributed by atoms with Crippen molar-refractivity contribution in [3.63, 3.8) is 0 Å². The average molecular weight is 292 g/mol. The van der Waals surface area contributed by atoms with Crippen LogP contribution in [0.1, 0.15) is 18.4 Å². The number of amides is 1. The Morgan fingerprint density at radius 3 is 2.67 bits per heavy atom. The molecule has 0 saturated carbocycles. The molecule has 0 unspecified atom stereocenters. The molecule has 1 saturated heterocycles. The van der Waals surface area contributed by atoms with E-state index in [0.29, 0.717) is 18.0 Å². The van der Waals surface area contributed by atoms with Gasteiger partial charge >= 0.3 is 0 Å². The van der Waals surface area contributed by atoms with Crippen molar-refractivity contribution in [3.05, 3.63) is 23.8 Å². The fourth-order valence-corrected chi connectivity index (χ4v) is 2.43. The van der Waals surface area contributed by atoms with E-state index in [1.54, 1.807) is 32.6 Å². The van der Waals surface area contributed by atoms with Gasteiger partial charge in [0.25, 0.3) is 5.91 Å². The first-order valence-corrected chi connectivity index (χ1v) is 7.10. The molecular formula is C15H22N3O3+. The van der Waals surface area contributed by atoms with E-state index in [2.05, 4.69) is 10.5 Å². The van der Waals surface area contributed by atoms with Crippen LogP contribution in [0.5, 0.6) is 11.5 Å². The highest BCUT2D eigenvalue weighted by Gasteiger charge is 2.18. The maximum Gasteiger partial charge on any atom is 0.295 e. The lowest BCUT2D eigenvalue weighted by Gasteiger charge is -2.09. The van der Waals surface area contributed by atoms with Gasteiger partial charge in [-0.3, -0.25) is 4.79 Å². The van der Waals surface area contributed by atoms with Crippen LogP contribution in [0.4, 0.5) is 0 Å². The fourth-order valence-electron chi connectivity index (χ4n) is 2.43. The van der Waals surface area contributed by atoms with Crippen molar-refractivity contribution < 1.29 is 19.2 Å². The lowest BCUT2D eigenvalue weighted by molar-refractivity contribution is -0.879. The summed E-state index contributed by atoms with van der Waals surface area (Å²) in [5.41, 5.74) is 3.40. The summed E-state index contributed by atoms with van der Waals surface area (Å²) in [5, 5.41) is 3.98. The number of hydrazone groups is 1. The molecule has 1 aromatic carbocycles. The van der Waals surface area contributed by atoms with Gasteiger partial charge in [0.1, 0.15) is 0 Å². The summed E-state index contributed by atoms with van der Waals surface area (Å²) in [6.07, 6.45) is 4.01. The normalized spacial score (nSPS) is 15.3. The van der Waals surface area contributed by atoms with Crippen molar-refractivity contribution in [2.24, 2.45) is 5.10 Å². The number of nitrogens with one attached hydrogen (secondary N) is 2. The van der Waals surface area contributed by atoms with Crippen LogP contribution in [-0.4, -0.2) is 46.0 Å². The smallest absolute Gasteiger partial charge is 0.295 e. The molecule has 6 heteroatoms. The Labute approximate surface area is 124 Å². The molecule has 0 aromatic heterocycles. The first-order chi connectivity index (χ1) is 10.2. The Hall–Kier alpha value is -2.08. The van der Waals surface area contributed by atoms with Crippen molar-refractivity contribution in [2.75, 3.05) is 33.9 Å². The van der Waals surface area contributed by atoms with Crippen molar-refractivity contribution in [2.45, 2.75) is 12.8 Å². The van der Waals surface area contributed by atoms with E-state index in [1.165, 1.54) is 17.7 Å². The van der Waals surface area contributed by atoms with E-state index in [-0.39, 0.29) is 5.91 Å². The molecule has 0 radical (unpaired) electrons. The van der Waals surface area contributed by atoms with E-state index in [1.807, 2.05) is 6.07 Å². The molecule has 6 nitrogen and oxygen atoms in total. The number of benzene rings is 1. The number of likely N-dealkylation sites (tertiary alicyclic amines) is 1. The summed E-state index contributed by atoms with van der Waals surface area (Å²) in [4.78, 5) is 13.1. The number of carbonyl (C=O) groups is 1. The van der Waals surface area contributed by atoms with Gasteiger partial charge in [0.05, 0.1) is 33.5 Å². The number of hydrogen-bond donors (Lipinski definition) is 2. The van der Waals surface area contributed by atoms with Crippen LogP contribution >= 0.6 is 0 Å². The summed E-state index contributed by atoms with van der Waals surface area (Å²) >= 11 is 0. The number of quaternary nitrogens is 1. The van der Waals surface area contributed by atoms with Gasteiger partial charge in [0.2, 0.25) is 0 Å². The number of carbonyl (C=O) groups excluding carboxylic acids is 1. The van der Waals surface area contributed by atoms with Crippen LogP contribution < -0.4 is 19.8 Å². The van der Waals surface area contributed by atoms with Gasteiger partial charge in [0, 0.05) is 12.8 Å². The van der Waals surface area contributed by atoms with Crippen molar-refractivity contribution in [1.29, 1.82) is 0 Å². The first kappa shape index (κ1) is 15.3. The van der Waals surface area contributed by atoms with E-state index in [4.69, 9.17) is 9.47 Å². The van der Waals surface area contributed by atoms with Gasteiger partial charge in [-0.05, 0) is 23.8 Å². The molecule has 21 heavy (non-hydrogen) atoms. The Kier molecular flexibility index (Phi) is 5.57. The van der Waals surface area contributed by atoms with E-state index < -0.39 is 0 Å². The molecule has 0 atom stereocenters. The molecule has 2 rings (SSSR count). The zero-order valence-electron chi connectivity index (χ0n) is 12.5. The van der Waals surface area contributed by atoms with Crippen LogP contribution in [0, 0.1) is 0 Å². The van der Waals surface area contributed by atoms with Gasteiger partial charge in [-0.2, -0.15) is 5.10 Å². The molecule has 0 bridgehead atoms. The van der Waals surface area contributed by atoms with Crippen LogP contribution in [0.15, 0.2) is 23.3 Å². The van der Waals surface area contributed by atoms with Crippen LogP contribution in [0.25, 0.3) is 0 Å². The number of hydrogen-bond acceptors (Lipinski definition) is 4. The summed E-state index contributed by atoms with van der Waals surface area (Å²) in [7, 11) is 3.17. The highest BCUT2D eigenvalue weighted by Crippen LogP contribution is 2.26. The lowest BCUT2D eigenvalue weighted by Crippen LogP contribution is -3.11. The standard InChI is InChI=1S/C15H21N3O3/c1-20-13-6-5-12(9-14(13)21-2)10-16-17-15(19)11-18-7-3-4-8-18/h5-6,9-10H,3-4,7-8,11H2,1-2H3,(H,17,19)/p+1/b16-10-. The highest BCUT2D eigenvalue weighted by atomic mass is 16.5. The Balaban J connectivity index is 1.87. The van der Waals surface area contributed by atoms with Crippen molar-refractivity contribution in [3.8, 4) is 11.5 Å². The van der Waals surface area contributed by atoms with E-state index >= 15 is 0 Å². The van der Waals surface area contributed by atoms with Crippen molar-refractivity contribution >= 4 is 12.1 Å². The number of ether oxygens (including phenoxy) is 2. The molecule has 1 amide bonds. The molecule has 1 aliphatic rings. The Morgan fingerprint density at radius 1 is 1.29 bits per heavy atom. The second-order valence-corrected chi connectivity index (χ2v) is 5.04. The molecule has 0 spiro atoms. The predicted molar refractivity (Wildman–Crippen MR) is 80.1 cm³/mol. The minimum absolute atomic E-state index is 0.0522. The zero-order chi connectivity index (χ0) is 15.1. The zero-order valence-corrected chi connectivity index (χ0v) is 12.5. The molecule has 1 aromatic rings. The molecule has 0 aliphatic carbocycles. The van der Waals surface area contributed by atoms with Gasteiger partial charge in [-0.15, -0.1) is 0 Å². The third kappa shape index (κ3) is 4.46. The minimum atomic E-state index is -0.0522. The van der Waals surface area contributed by atoms with Gasteiger partial charge in [0.15, 0.2) is 18.0 Å².